The summed E-state index contributed by atoms with van der Waals surface area (Å²) >= 11 is 11.7. The van der Waals surface area contributed by atoms with Crippen LogP contribution in [0, 0.1) is 0 Å². The SMILES string of the molecule is COc1ccccc1CNS(=O)(=O)c1ccc(Cl)cc1Cl. The van der Waals surface area contributed by atoms with Crippen LogP contribution in [0.4, 0.5) is 0 Å². The number of sulfonamides is 1. The maximum Gasteiger partial charge on any atom is 0.242 e. The van der Waals surface area contributed by atoms with Gasteiger partial charge in [0, 0.05) is 17.1 Å². The van der Waals surface area contributed by atoms with Crippen molar-refractivity contribution < 1.29 is 13.2 Å². The molecular weight excluding hydrogens is 333 g/mol. The molecule has 0 bridgehead atoms. The van der Waals surface area contributed by atoms with E-state index in [9.17, 15) is 8.42 Å². The predicted molar refractivity (Wildman–Crippen MR) is 83.5 cm³/mol. The van der Waals surface area contributed by atoms with Crippen molar-refractivity contribution in [1.82, 2.24) is 4.72 Å². The van der Waals surface area contributed by atoms with Gasteiger partial charge in [-0.2, -0.15) is 0 Å². The van der Waals surface area contributed by atoms with Crippen LogP contribution < -0.4 is 9.46 Å². The van der Waals surface area contributed by atoms with E-state index >= 15 is 0 Å². The number of benzene rings is 2. The van der Waals surface area contributed by atoms with Crippen molar-refractivity contribution in [1.29, 1.82) is 0 Å². The van der Waals surface area contributed by atoms with Crippen LogP contribution in [-0.2, 0) is 16.6 Å². The van der Waals surface area contributed by atoms with Gasteiger partial charge in [0.05, 0.1) is 12.1 Å². The average molecular weight is 346 g/mol. The first-order valence-corrected chi connectivity index (χ1v) is 8.24. The fourth-order valence-corrected chi connectivity index (χ4v) is 3.57. The molecule has 0 radical (unpaired) electrons. The molecule has 0 spiro atoms. The summed E-state index contributed by atoms with van der Waals surface area (Å²) in [6.07, 6.45) is 0. The molecule has 1 N–H and O–H groups in total. The Kier molecular flexibility index (Phi) is 5.11. The molecule has 0 unspecified atom stereocenters. The summed E-state index contributed by atoms with van der Waals surface area (Å²) in [4.78, 5) is -0.0107. The molecule has 0 aromatic heterocycles. The van der Waals surface area contributed by atoms with Gasteiger partial charge in [-0.3, -0.25) is 0 Å². The van der Waals surface area contributed by atoms with E-state index in [0.29, 0.717) is 10.8 Å². The van der Waals surface area contributed by atoms with Crippen LogP contribution in [0.15, 0.2) is 47.4 Å². The zero-order chi connectivity index (χ0) is 15.5. The Morgan fingerprint density at radius 3 is 2.52 bits per heavy atom. The van der Waals surface area contributed by atoms with Crippen LogP contribution in [0.5, 0.6) is 5.75 Å². The van der Waals surface area contributed by atoms with Gasteiger partial charge < -0.3 is 4.74 Å². The largest absolute Gasteiger partial charge is 0.496 e. The van der Waals surface area contributed by atoms with Crippen LogP contribution in [0.3, 0.4) is 0 Å². The summed E-state index contributed by atoms with van der Waals surface area (Å²) in [5, 5.41) is 0.457. The lowest BCUT2D eigenvalue weighted by Gasteiger charge is -2.11. The van der Waals surface area contributed by atoms with Gasteiger partial charge in [0.1, 0.15) is 10.6 Å². The molecule has 0 heterocycles. The van der Waals surface area contributed by atoms with Gasteiger partial charge in [0.15, 0.2) is 0 Å². The molecule has 0 amide bonds. The molecule has 0 saturated carbocycles. The van der Waals surface area contributed by atoms with Gasteiger partial charge in [-0.05, 0) is 24.3 Å². The van der Waals surface area contributed by atoms with Gasteiger partial charge in [0.2, 0.25) is 10.0 Å². The highest BCUT2D eigenvalue weighted by atomic mass is 35.5. The van der Waals surface area contributed by atoms with Gasteiger partial charge in [0.25, 0.3) is 0 Å². The summed E-state index contributed by atoms with van der Waals surface area (Å²) in [5.41, 5.74) is 0.730. The Balaban J connectivity index is 2.22. The Labute approximate surface area is 133 Å². The average Bonchev–Trinajstić information content (AvgIpc) is 2.45. The Hall–Kier alpha value is -1.27. The summed E-state index contributed by atoms with van der Waals surface area (Å²) in [6.45, 7) is 0.102. The molecule has 2 aromatic rings. The Morgan fingerprint density at radius 1 is 1.14 bits per heavy atom. The van der Waals surface area contributed by atoms with Gasteiger partial charge in [-0.15, -0.1) is 0 Å². The maximum atomic E-state index is 12.3. The molecule has 0 aliphatic heterocycles. The second-order valence-electron chi connectivity index (χ2n) is 4.21. The number of ether oxygens (including phenoxy) is 1. The van der Waals surface area contributed by atoms with Crippen molar-refractivity contribution in [2.45, 2.75) is 11.4 Å². The molecule has 7 heteroatoms. The van der Waals surface area contributed by atoms with Crippen molar-refractivity contribution in [2.75, 3.05) is 7.11 Å². The van der Waals surface area contributed by atoms with Crippen LogP contribution in [0.1, 0.15) is 5.56 Å². The van der Waals surface area contributed by atoms with E-state index in [4.69, 9.17) is 27.9 Å². The highest BCUT2D eigenvalue weighted by molar-refractivity contribution is 7.89. The molecule has 0 aliphatic carbocycles. The number of methoxy groups -OCH3 is 1. The fraction of sp³-hybridized carbons (Fsp3) is 0.143. The lowest BCUT2D eigenvalue weighted by molar-refractivity contribution is 0.409. The number of para-hydroxylation sites is 1. The normalized spacial score (nSPS) is 11.4. The minimum Gasteiger partial charge on any atom is -0.496 e. The van der Waals surface area contributed by atoms with E-state index in [1.807, 2.05) is 6.07 Å². The molecular formula is C14H13Cl2NO3S. The highest BCUT2D eigenvalue weighted by Gasteiger charge is 2.18. The first-order chi connectivity index (χ1) is 9.94. The van der Waals surface area contributed by atoms with E-state index < -0.39 is 10.0 Å². The zero-order valence-corrected chi connectivity index (χ0v) is 13.5. The molecule has 112 valence electrons. The second kappa shape index (κ2) is 6.66. The van der Waals surface area contributed by atoms with E-state index in [1.165, 1.54) is 25.3 Å². The molecule has 2 rings (SSSR count). The third-order valence-corrected chi connectivity index (χ3v) is 4.95. The summed E-state index contributed by atoms with van der Waals surface area (Å²) in [6, 6.07) is 11.4. The molecule has 0 aliphatic rings. The number of nitrogens with one attached hydrogen (secondary N) is 1. The standard InChI is InChI=1S/C14H13Cl2NO3S/c1-20-13-5-3-2-4-10(13)9-17-21(18,19)14-7-6-11(15)8-12(14)16/h2-8,17H,9H2,1H3. The monoisotopic (exact) mass is 345 g/mol. The number of hydrogen-bond donors (Lipinski definition) is 1. The number of hydrogen-bond acceptors (Lipinski definition) is 3. The van der Waals surface area contributed by atoms with Crippen molar-refractivity contribution in [3.8, 4) is 5.75 Å². The topological polar surface area (TPSA) is 55.4 Å². The fourth-order valence-electron chi connectivity index (χ4n) is 1.79. The summed E-state index contributed by atoms with van der Waals surface area (Å²) in [5.74, 6) is 0.613. The van der Waals surface area contributed by atoms with Gasteiger partial charge in [-0.25, -0.2) is 13.1 Å². The Morgan fingerprint density at radius 2 is 1.86 bits per heavy atom. The van der Waals surface area contributed by atoms with Crippen LogP contribution in [0.2, 0.25) is 10.0 Å². The lowest BCUT2D eigenvalue weighted by atomic mass is 10.2. The van der Waals surface area contributed by atoms with Crippen LogP contribution in [-0.4, -0.2) is 15.5 Å². The van der Waals surface area contributed by atoms with E-state index in [-0.39, 0.29) is 16.5 Å². The highest BCUT2D eigenvalue weighted by Crippen LogP contribution is 2.25. The molecule has 21 heavy (non-hydrogen) atoms. The van der Waals surface area contributed by atoms with Crippen LogP contribution >= 0.6 is 23.2 Å². The number of halogens is 2. The third-order valence-electron chi connectivity index (χ3n) is 2.83. The number of rotatable bonds is 5. The maximum absolute atomic E-state index is 12.3. The van der Waals surface area contributed by atoms with E-state index in [0.717, 1.165) is 5.56 Å². The molecule has 0 atom stereocenters. The lowest BCUT2D eigenvalue weighted by Crippen LogP contribution is -2.23. The predicted octanol–water partition coefficient (Wildman–Crippen LogP) is 3.48. The summed E-state index contributed by atoms with van der Waals surface area (Å²) in [7, 11) is -2.20. The smallest absolute Gasteiger partial charge is 0.242 e. The van der Waals surface area contributed by atoms with Gasteiger partial charge in [-0.1, -0.05) is 41.4 Å². The van der Waals surface area contributed by atoms with Crippen molar-refractivity contribution >= 4 is 33.2 Å². The third kappa shape index (κ3) is 3.89. The molecule has 0 saturated heterocycles. The van der Waals surface area contributed by atoms with Crippen LogP contribution in [0.25, 0.3) is 0 Å². The van der Waals surface area contributed by atoms with E-state index in [1.54, 1.807) is 18.2 Å². The first-order valence-electron chi connectivity index (χ1n) is 6.00. The first kappa shape index (κ1) is 16.1. The minimum atomic E-state index is -3.73. The van der Waals surface area contributed by atoms with Crippen molar-refractivity contribution in [3.05, 3.63) is 58.1 Å². The quantitative estimate of drug-likeness (QED) is 0.902. The molecule has 2 aromatic carbocycles. The van der Waals surface area contributed by atoms with E-state index in [2.05, 4.69) is 4.72 Å². The summed E-state index contributed by atoms with van der Waals surface area (Å²) < 4.78 is 32.2. The van der Waals surface area contributed by atoms with Crippen molar-refractivity contribution in [2.24, 2.45) is 0 Å². The molecule has 4 nitrogen and oxygen atoms in total. The zero-order valence-electron chi connectivity index (χ0n) is 11.1. The van der Waals surface area contributed by atoms with Crippen molar-refractivity contribution in [3.63, 3.8) is 0 Å². The second-order valence-corrected chi connectivity index (χ2v) is 6.79. The minimum absolute atomic E-state index is 0.0107. The van der Waals surface area contributed by atoms with Gasteiger partial charge >= 0.3 is 0 Å². The molecule has 0 fully saturated rings. The Bertz CT molecular complexity index is 748.